The van der Waals surface area contributed by atoms with Gasteiger partial charge in [-0.15, -0.1) is 22.9 Å². The van der Waals surface area contributed by atoms with E-state index in [9.17, 15) is 0 Å². The van der Waals surface area contributed by atoms with Gasteiger partial charge in [-0.05, 0) is 28.4 Å². The van der Waals surface area contributed by atoms with Crippen LogP contribution in [0.2, 0.25) is 0 Å². The zero-order valence-electron chi connectivity index (χ0n) is 7.74. The molecule has 2 rings (SSSR count). The molecule has 0 saturated heterocycles. The summed E-state index contributed by atoms with van der Waals surface area (Å²) < 4.78 is 6.14. The van der Waals surface area contributed by atoms with Gasteiger partial charge in [-0.2, -0.15) is 4.98 Å². The summed E-state index contributed by atoms with van der Waals surface area (Å²) in [6.45, 7) is 0. The number of hydrogen-bond acceptors (Lipinski definition) is 4. The lowest BCUT2D eigenvalue weighted by Gasteiger charge is -1.86. The highest BCUT2D eigenvalue weighted by Crippen LogP contribution is 2.27. The minimum atomic E-state index is 0.613. The molecule has 80 valence electrons. The van der Waals surface area contributed by atoms with Crippen LogP contribution in [0.4, 0.5) is 0 Å². The van der Waals surface area contributed by atoms with Crippen molar-refractivity contribution in [2.45, 2.75) is 12.8 Å². The molecule has 0 unspecified atom stereocenters. The topological polar surface area (TPSA) is 38.9 Å². The molecule has 6 heteroatoms. The minimum absolute atomic E-state index is 0.613. The molecule has 3 nitrogen and oxygen atoms in total. The molecule has 2 aromatic rings. The molecule has 2 aromatic heterocycles. The van der Waals surface area contributed by atoms with Gasteiger partial charge in [0.2, 0.25) is 11.7 Å². The highest BCUT2D eigenvalue weighted by Gasteiger charge is 2.09. The van der Waals surface area contributed by atoms with Crippen molar-refractivity contribution in [1.82, 2.24) is 10.1 Å². The summed E-state index contributed by atoms with van der Waals surface area (Å²) in [7, 11) is 0. The molecular weight excluding hydrogens is 300 g/mol. The lowest BCUT2D eigenvalue weighted by Crippen LogP contribution is -1.85. The Morgan fingerprint density at radius 3 is 3.07 bits per heavy atom. The first kappa shape index (κ1) is 11.1. The van der Waals surface area contributed by atoms with E-state index in [1.54, 1.807) is 11.3 Å². The highest BCUT2D eigenvalue weighted by atomic mass is 79.9. The van der Waals surface area contributed by atoms with E-state index in [0.29, 0.717) is 17.6 Å². The number of thiophene rings is 1. The van der Waals surface area contributed by atoms with E-state index in [2.05, 4.69) is 26.1 Å². The van der Waals surface area contributed by atoms with Gasteiger partial charge < -0.3 is 4.52 Å². The van der Waals surface area contributed by atoms with Gasteiger partial charge in [-0.25, -0.2) is 0 Å². The summed E-state index contributed by atoms with van der Waals surface area (Å²) in [6.07, 6.45) is 1.60. The lowest BCUT2D eigenvalue weighted by atomic mass is 10.3. The minimum Gasteiger partial charge on any atom is -0.339 e. The van der Waals surface area contributed by atoms with Crippen LogP contribution in [0.5, 0.6) is 0 Å². The first-order valence-corrected chi connectivity index (χ1v) is 6.63. The molecule has 0 atom stereocenters. The highest BCUT2D eigenvalue weighted by molar-refractivity contribution is 9.10. The second-order valence-electron chi connectivity index (χ2n) is 2.93. The van der Waals surface area contributed by atoms with Crippen LogP contribution in [0.15, 0.2) is 20.4 Å². The van der Waals surface area contributed by atoms with Gasteiger partial charge in [0.25, 0.3) is 0 Å². The number of hydrogen-bond donors (Lipinski definition) is 0. The van der Waals surface area contributed by atoms with Crippen molar-refractivity contribution in [3.63, 3.8) is 0 Å². The van der Waals surface area contributed by atoms with Crippen molar-refractivity contribution in [2.75, 3.05) is 5.88 Å². The number of alkyl halides is 1. The van der Waals surface area contributed by atoms with Crippen molar-refractivity contribution in [2.24, 2.45) is 0 Å². The monoisotopic (exact) mass is 306 g/mol. The quantitative estimate of drug-likeness (QED) is 0.808. The summed E-state index contributed by atoms with van der Waals surface area (Å²) in [5.41, 5.74) is 0. The van der Waals surface area contributed by atoms with E-state index in [4.69, 9.17) is 16.1 Å². The molecule has 0 radical (unpaired) electrons. The number of aryl methyl sites for hydroxylation is 1. The summed E-state index contributed by atoms with van der Waals surface area (Å²) in [4.78, 5) is 5.29. The standard InChI is InChI=1S/C9H8BrClN2OS/c10-6-4-7(15-5-6)9-12-8(14-13-9)2-1-3-11/h4-5H,1-3H2. The number of nitrogens with zero attached hydrogens (tertiary/aromatic N) is 2. The predicted octanol–water partition coefficient (Wildman–Crippen LogP) is 3.73. The Hall–Kier alpha value is -0.390. The van der Waals surface area contributed by atoms with Crippen LogP contribution in [0.25, 0.3) is 10.7 Å². The fraction of sp³-hybridized carbons (Fsp3) is 0.333. The SMILES string of the molecule is ClCCCc1nc(-c2cc(Br)cs2)no1. The van der Waals surface area contributed by atoms with Crippen LogP contribution in [-0.2, 0) is 6.42 Å². The van der Waals surface area contributed by atoms with E-state index in [0.717, 1.165) is 22.2 Å². The van der Waals surface area contributed by atoms with Crippen molar-refractivity contribution < 1.29 is 4.52 Å². The molecule has 0 fully saturated rings. The van der Waals surface area contributed by atoms with Crippen LogP contribution in [0, 0.1) is 0 Å². The Morgan fingerprint density at radius 1 is 1.53 bits per heavy atom. The number of halogens is 2. The van der Waals surface area contributed by atoms with Crippen LogP contribution in [0.3, 0.4) is 0 Å². The molecule has 0 amide bonds. The molecule has 0 spiro atoms. The van der Waals surface area contributed by atoms with Gasteiger partial charge in [0.05, 0.1) is 4.88 Å². The van der Waals surface area contributed by atoms with Gasteiger partial charge in [0.15, 0.2) is 0 Å². The van der Waals surface area contributed by atoms with Gasteiger partial charge in [0.1, 0.15) is 0 Å². The average molecular weight is 308 g/mol. The molecule has 0 N–H and O–H groups in total. The summed E-state index contributed by atoms with van der Waals surface area (Å²) in [6, 6.07) is 1.97. The Labute approximate surface area is 105 Å². The van der Waals surface area contributed by atoms with Crippen LogP contribution in [-0.4, -0.2) is 16.0 Å². The Morgan fingerprint density at radius 2 is 2.40 bits per heavy atom. The maximum absolute atomic E-state index is 5.58. The van der Waals surface area contributed by atoms with Gasteiger partial charge in [0, 0.05) is 22.2 Å². The Bertz CT molecular complexity index is 443. The smallest absolute Gasteiger partial charge is 0.227 e. The third kappa shape index (κ3) is 2.80. The third-order valence-electron chi connectivity index (χ3n) is 1.78. The molecule has 0 aliphatic rings. The summed E-state index contributed by atoms with van der Waals surface area (Å²) >= 11 is 10.6. The fourth-order valence-corrected chi connectivity index (χ4v) is 2.59. The van der Waals surface area contributed by atoms with Crippen molar-refractivity contribution >= 4 is 38.9 Å². The van der Waals surface area contributed by atoms with Gasteiger partial charge in [-0.1, -0.05) is 5.16 Å². The van der Waals surface area contributed by atoms with Crippen molar-refractivity contribution in [1.29, 1.82) is 0 Å². The Balaban J connectivity index is 2.13. The third-order valence-corrected chi connectivity index (χ3v) is 3.73. The van der Waals surface area contributed by atoms with Crippen molar-refractivity contribution in [3.8, 4) is 10.7 Å². The van der Waals surface area contributed by atoms with Crippen LogP contribution >= 0.6 is 38.9 Å². The molecule has 0 aliphatic carbocycles. The van der Waals surface area contributed by atoms with E-state index in [-0.39, 0.29) is 0 Å². The molecular formula is C9H8BrClN2OS. The largest absolute Gasteiger partial charge is 0.339 e. The molecule has 0 bridgehead atoms. The zero-order chi connectivity index (χ0) is 10.7. The van der Waals surface area contributed by atoms with E-state index in [1.807, 2.05) is 11.4 Å². The molecule has 2 heterocycles. The normalized spacial score (nSPS) is 10.8. The second-order valence-corrected chi connectivity index (χ2v) is 5.14. The van der Waals surface area contributed by atoms with E-state index >= 15 is 0 Å². The molecule has 0 aromatic carbocycles. The first-order chi connectivity index (χ1) is 7.29. The second kappa shape index (κ2) is 5.09. The zero-order valence-corrected chi connectivity index (χ0v) is 10.9. The van der Waals surface area contributed by atoms with Gasteiger partial charge in [-0.3, -0.25) is 0 Å². The number of rotatable bonds is 4. The Kier molecular flexibility index (Phi) is 3.77. The summed E-state index contributed by atoms with van der Waals surface area (Å²) in [5, 5.41) is 5.90. The van der Waals surface area contributed by atoms with Gasteiger partial charge >= 0.3 is 0 Å². The molecule has 15 heavy (non-hydrogen) atoms. The van der Waals surface area contributed by atoms with E-state index < -0.39 is 0 Å². The van der Waals surface area contributed by atoms with E-state index in [1.165, 1.54) is 0 Å². The first-order valence-electron chi connectivity index (χ1n) is 4.42. The van der Waals surface area contributed by atoms with Crippen LogP contribution in [0.1, 0.15) is 12.3 Å². The molecule has 0 saturated carbocycles. The number of aromatic nitrogens is 2. The fourth-order valence-electron chi connectivity index (χ4n) is 1.10. The van der Waals surface area contributed by atoms with Crippen LogP contribution < -0.4 is 0 Å². The maximum atomic E-state index is 5.58. The predicted molar refractivity (Wildman–Crippen MR) is 64.4 cm³/mol. The lowest BCUT2D eigenvalue weighted by molar-refractivity contribution is 0.378. The average Bonchev–Trinajstić information content (AvgIpc) is 2.83. The maximum Gasteiger partial charge on any atom is 0.227 e. The molecule has 0 aliphatic heterocycles. The summed E-state index contributed by atoms with van der Waals surface area (Å²) in [5.74, 6) is 1.91. The van der Waals surface area contributed by atoms with Crippen molar-refractivity contribution in [3.05, 3.63) is 21.8 Å².